The van der Waals surface area contributed by atoms with Gasteiger partial charge < -0.3 is 18.8 Å². The lowest BCUT2D eigenvalue weighted by Crippen LogP contribution is -2.26. The van der Waals surface area contributed by atoms with Crippen molar-refractivity contribution >= 4 is 28.5 Å². The van der Waals surface area contributed by atoms with Crippen molar-refractivity contribution in [2.45, 2.75) is 26.9 Å². The number of hydrogen-bond acceptors (Lipinski definition) is 6. The van der Waals surface area contributed by atoms with Crippen LogP contribution < -0.4 is 15.3 Å². The summed E-state index contributed by atoms with van der Waals surface area (Å²) < 4.78 is 16.1. The largest absolute Gasteiger partial charge is 0.495 e. The molecule has 31 heavy (non-hydrogen) atoms. The fourth-order valence-electron chi connectivity index (χ4n) is 3.82. The highest BCUT2D eigenvalue weighted by molar-refractivity contribution is 6.00. The van der Waals surface area contributed by atoms with Gasteiger partial charge in [-0.3, -0.25) is 9.59 Å². The first-order valence-corrected chi connectivity index (χ1v) is 10.0. The molecular formula is C24H23NO6. The molecule has 1 fully saturated rings. The van der Waals surface area contributed by atoms with E-state index < -0.39 is 17.5 Å². The van der Waals surface area contributed by atoms with Gasteiger partial charge in [-0.25, -0.2) is 4.79 Å². The van der Waals surface area contributed by atoms with Crippen molar-refractivity contribution in [2.24, 2.45) is 5.92 Å². The van der Waals surface area contributed by atoms with E-state index in [4.69, 9.17) is 13.9 Å². The normalized spacial score (nSPS) is 16.0. The van der Waals surface area contributed by atoms with E-state index in [1.807, 2.05) is 32.0 Å². The molecule has 1 aliphatic heterocycles. The number of benzene rings is 2. The molecule has 2 aromatic carbocycles. The van der Waals surface area contributed by atoms with E-state index in [1.165, 1.54) is 13.2 Å². The van der Waals surface area contributed by atoms with Crippen molar-refractivity contribution < 1.29 is 23.5 Å². The Morgan fingerprint density at radius 3 is 2.65 bits per heavy atom. The quantitative estimate of drug-likeness (QED) is 0.463. The highest BCUT2D eigenvalue weighted by atomic mass is 16.5. The molecule has 0 radical (unpaired) electrons. The molecule has 1 aromatic heterocycles. The predicted molar refractivity (Wildman–Crippen MR) is 115 cm³/mol. The fourth-order valence-corrected chi connectivity index (χ4v) is 3.82. The number of amides is 1. The predicted octanol–water partition coefficient (Wildman–Crippen LogP) is 3.51. The number of esters is 1. The lowest BCUT2D eigenvalue weighted by Gasteiger charge is -2.19. The van der Waals surface area contributed by atoms with E-state index in [-0.39, 0.29) is 25.5 Å². The SMILES string of the molecule is COc1ccccc1N1C[C@@H](C(=O)OCc2cc(=O)oc3cc(C)c(C)cc23)CC1=O. The number of aryl methyl sites for hydroxylation is 2. The third-order valence-corrected chi connectivity index (χ3v) is 5.65. The van der Waals surface area contributed by atoms with Gasteiger partial charge in [0.1, 0.15) is 17.9 Å². The molecule has 1 aliphatic rings. The van der Waals surface area contributed by atoms with Gasteiger partial charge >= 0.3 is 11.6 Å². The van der Waals surface area contributed by atoms with Gasteiger partial charge in [-0.2, -0.15) is 0 Å². The number of methoxy groups -OCH3 is 1. The van der Waals surface area contributed by atoms with Gasteiger partial charge in [-0.1, -0.05) is 12.1 Å². The molecule has 1 amide bonds. The number of hydrogen-bond donors (Lipinski definition) is 0. The standard InChI is InChI=1S/C24H23NO6/c1-14-8-18-17(11-23(27)31-21(18)9-15(14)2)13-30-24(28)16-10-22(26)25(12-16)19-6-4-5-7-20(19)29-3/h4-9,11,16H,10,12-13H2,1-3H3/t16-/m0/s1. The number of ether oxygens (including phenoxy) is 2. The minimum atomic E-state index is -0.590. The van der Waals surface area contributed by atoms with Gasteiger partial charge in [0, 0.05) is 30.0 Å². The highest BCUT2D eigenvalue weighted by Gasteiger charge is 2.37. The number of carbonyl (C=O) groups excluding carboxylic acids is 2. The summed E-state index contributed by atoms with van der Waals surface area (Å²) in [6, 6.07) is 12.2. The molecule has 0 spiro atoms. The zero-order valence-corrected chi connectivity index (χ0v) is 17.6. The number of para-hydroxylation sites is 2. The van der Waals surface area contributed by atoms with Crippen LogP contribution in [0.4, 0.5) is 5.69 Å². The maximum Gasteiger partial charge on any atom is 0.336 e. The average Bonchev–Trinajstić information content (AvgIpc) is 3.14. The van der Waals surface area contributed by atoms with Crippen LogP contribution in [-0.2, 0) is 20.9 Å². The Kier molecular flexibility index (Phi) is 5.50. The van der Waals surface area contributed by atoms with Crippen LogP contribution in [0.5, 0.6) is 5.75 Å². The van der Waals surface area contributed by atoms with Crippen LogP contribution in [0.1, 0.15) is 23.1 Å². The van der Waals surface area contributed by atoms with Crippen LogP contribution in [0.15, 0.2) is 51.7 Å². The Balaban J connectivity index is 1.51. The molecule has 1 atom stereocenters. The lowest BCUT2D eigenvalue weighted by molar-refractivity contribution is -0.149. The molecule has 160 valence electrons. The smallest absolute Gasteiger partial charge is 0.336 e. The molecule has 7 heteroatoms. The van der Waals surface area contributed by atoms with Gasteiger partial charge in [-0.05, 0) is 49.2 Å². The maximum atomic E-state index is 12.7. The van der Waals surface area contributed by atoms with Gasteiger partial charge in [0.2, 0.25) is 5.91 Å². The van der Waals surface area contributed by atoms with E-state index in [0.717, 1.165) is 16.5 Å². The van der Waals surface area contributed by atoms with Crippen LogP contribution in [0.3, 0.4) is 0 Å². The Hall–Kier alpha value is -3.61. The molecule has 3 aromatic rings. The van der Waals surface area contributed by atoms with E-state index in [2.05, 4.69) is 0 Å². The van der Waals surface area contributed by atoms with E-state index >= 15 is 0 Å². The van der Waals surface area contributed by atoms with Crippen molar-refractivity contribution in [1.29, 1.82) is 0 Å². The minimum Gasteiger partial charge on any atom is -0.495 e. The van der Waals surface area contributed by atoms with Gasteiger partial charge in [-0.15, -0.1) is 0 Å². The first kappa shape index (κ1) is 20.7. The first-order valence-electron chi connectivity index (χ1n) is 10.0. The molecule has 2 heterocycles. The Labute approximate surface area is 179 Å². The van der Waals surface area contributed by atoms with E-state index in [9.17, 15) is 14.4 Å². The molecular weight excluding hydrogens is 398 g/mol. The number of fused-ring (bicyclic) bond motifs is 1. The summed E-state index contributed by atoms with van der Waals surface area (Å²) in [7, 11) is 1.54. The summed E-state index contributed by atoms with van der Waals surface area (Å²) in [5.74, 6) is -0.662. The van der Waals surface area contributed by atoms with E-state index in [0.29, 0.717) is 22.6 Å². The molecule has 0 N–H and O–H groups in total. The molecule has 0 bridgehead atoms. The van der Waals surface area contributed by atoms with Crippen molar-refractivity contribution in [2.75, 3.05) is 18.6 Å². The van der Waals surface area contributed by atoms with Crippen molar-refractivity contribution in [3.05, 3.63) is 69.6 Å². The Morgan fingerprint density at radius 2 is 1.87 bits per heavy atom. The maximum absolute atomic E-state index is 12.7. The van der Waals surface area contributed by atoms with Crippen molar-refractivity contribution in [3.63, 3.8) is 0 Å². The third-order valence-electron chi connectivity index (χ3n) is 5.65. The monoisotopic (exact) mass is 421 g/mol. The minimum absolute atomic E-state index is 0.0624. The third kappa shape index (κ3) is 4.03. The topological polar surface area (TPSA) is 86.0 Å². The second-order valence-corrected chi connectivity index (χ2v) is 7.71. The van der Waals surface area contributed by atoms with Crippen molar-refractivity contribution in [1.82, 2.24) is 0 Å². The van der Waals surface area contributed by atoms with Crippen LogP contribution in [0.2, 0.25) is 0 Å². The zero-order valence-electron chi connectivity index (χ0n) is 17.6. The van der Waals surface area contributed by atoms with Crippen LogP contribution in [-0.4, -0.2) is 25.5 Å². The average molecular weight is 421 g/mol. The summed E-state index contributed by atoms with van der Waals surface area (Å²) in [6.07, 6.45) is 0.0624. The number of nitrogens with zero attached hydrogens (tertiary/aromatic N) is 1. The molecule has 7 nitrogen and oxygen atoms in total. The zero-order chi connectivity index (χ0) is 22.1. The van der Waals surface area contributed by atoms with Crippen molar-refractivity contribution in [3.8, 4) is 5.75 Å². The second kappa shape index (κ2) is 8.26. The molecule has 0 unspecified atom stereocenters. The van der Waals surface area contributed by atoms with Gasteiger partial charge in [0.25, 0.3) is 0 Å². The molecule has 0 saturated carbocycles. The summed E-state index contributed by atoms with van der Waals surface area (Å²) in [5.41, 5.74) is 3.21. The van der Waals surface area contributed by atoms with Crippen LogP contribution in [0.25, 0.3) is 11.0 Å². The molecule has 4 rings (SSSR count). The molecule has 0 aliphatic carbocycles. The number of carbonyl (C=O) groups is 2. The Bertz CT molecular complexity index is 1230. The fraction of sp³-hybridized carbons (Fsp3) is 0.292. The van der Waals surface area contributed by atoms with Gasteiger partial charge in [0.05, 0.1) is 18.7 Å². The molecule has 1 saturated heterocycles. The second-order valence-electron chi connectivity index (χ2n) is 7.71. The van der Waals surface area contributed by atoms with Gasteiger partial charge in [0.15, 0.2) is 0 Å². The Morgan fingerprint density at radius 1 is 1.13 bits per heavy atom. The lowest BCUT2D eigenvalue weighted by atomic mass is 10.0. The summed E-state index contributed by atoms with van der Waals surface area (Å²) in [6.45, 7) is 4.05. The summed E-state index contributed by atoms with van der Waals surface area (Å²) in [5, 5.41) is 0.730. The first-order chi connectivity index (χ1) is 14.9. The van der Waals surface area contributed by atoms with E-state index in [1.54, 1.807) is 23.1 Å². The van der Waals surface area contributed by atoms with Crippen LogP contribution >= 0.6 is 0 Å². The summed E-state index contributed by atoms with van der Waals surface area (Å²) in [4.78, 5) is 38.7. The van der Waals surface area contributed by atoms with Crippen LogP contribution in [0, 0.1) is 19.8 Å². The number of anilines is 1. The highest BCUT2D eigenvalue weighted by Crippen LogP contribution is 2.33. The summed E-state index contributed by atoms with van der Waals surface area (Å²) >= 11 is 0. The number of rotatable bonds is 5.